The Morgan fingerprint density at radius 3 is 2.59 bits per heavy atom. The Labute approximate surface area is 104 Å². The van der Waals surface area contributed by atoms with Gasteiger partial charge in [-0.2, -0.15) is 0 Å². The molecule has 3 N–H and O–H groups in total. The van der Waals surface area contributed by atoms with Crippen molar-refractivity contribution in [2.24, 2.45) is 0 Å². The first kappa shape index (κ1) is 13.4. The van der Waals surface area contributed by atoms with E-state index < -0.39 is 18.0 Å². The van der Waals surface area contributed by atoms with Crippen LogP contribution in [0.4, 0.5) is 10.5 Å². The summed E-state index contributed by atoms with van der Waals surface area (Å²) in [7, 11) is 0. The minimum Gasteiger partial charge on any atom is -0.480 e. The van der Waals surface area contributed by atoms with Crippen LogP contribution in [0, 0.1) is 0 Å². The van der Waals surface area contributed by atoms with Gasteiger partial charge in [-0.1, -0.05) is 12.1 Å². The highest BCUT2D eigenvalue weighted by atomic mass is 32.2. The monoisotopic (exact) mass is 254 g/mol. The van der Waals surface area contributed by atoms with Gasteiger partial charge in [0.2, 0.25) is 0 Å². The van der Waals surface area contributed by atoms with Crippen LogP contribution in [0.3, 0.4) is 0 Å². The Hall–Kier alpha value is -1.69. The molecule has 1 aromatic rings. The zero-order valence-corrected chi connectivity index (χ0v) is 10.4. The number of carbonyl (C=O) groups excluding carboxylic acids is 1. The smallest absolute Gasteiger partial charge is 0.325 e. The number of thioether (sulfide) groups is 1. The lowest BCUT2D eigenvalue weighted by Gasteiger charge is -2.12. The van der Waals surface area contributed by atoms with Crippen LogP contribution in [-0.2, 0) is 4.79 Å². The van der Waals surface area contributed by atoms with E-state index in [4.69, 9.17) is 5.11 Å². The van der Waals surface area contributed by atoms with Gasteiger partial charge in [-0.25, -0.2) is 4.79 Å². The molecule has 0 aliphatic carbocycles. The summed E-state index contributed by atoms with van der Waals surface area (Å²) in [5.41, 5.74) is 0.662. The zero-order chi connectivity index (χ0) is 12.8. The van der Waals surface area contributed by atoms with Crippen molar-refractivity contribution >= 4 is 29.4 Å². The number of rotatable bonds is 4. The number of amides is 2. The molecular weight excluding hydrogens is 240 g/mol. The number of benzene rings is 1. The van der Waals surface area contributed by atoms with Gasteiger partial charge >= 0.3 is 12.0 Å². The molecule has 0 bridgehead atoms. The molecule has 17 heavy (non-hydrogen) atoms. The fourth-order valence-electron chi connectivity index (χ4n) is 1.16. The molecule has 5 nitrogen and oxygen atoms in total. The summed E-state index contributed by atoms with van der Waals surface area (Å²) in [6.07, 6.45) is 1.90. The number of para-hydroxylation sites is 1. The van der Waals surface area contributed by atoms with E-state index in [9.17, 15) is 9.59 Å². The standard InChI is InChI=1S/C11H14N2O3S/c1-7(10(14)15)12-11(16)13-8-5-3-4-6-9(8)17-2/h3-7H,1-2H3,(H,14,15)(H2,12,13,16)/t7-/m1/s1. The van der Waals surface area contributed by atoms with Gasteiger partial charge in [0.05, 0.1) is 5.69 Å². The van der Waals surface area contributed by atoms with Crippen LogP contribution in [-0.4, -0.2) is 29.4 Å². The maximum absolute atomic E-state index is 11.5. The van der Waals surface area contributed by atoms with Gasteiger partial charge in [-0.05, 0) is 25.3 Å². The first-order valence-corrected chi connectivity index (χ1v) is 6.20. The SMILES string of the molecule is CSc1ccccc1NC(=O)N[C@H](C)C(=O)O. The molecule has 0 heterocycles. The number of hydrogen-bond donors (Lipinski definition) is 3. The third kappa shape index (κ3) is 3.99. The van der Waals surface area contributed by atoms with Crippen molar-refractivity contribution in [3.63, 3.8) is 0 Å². The number of aliphatic carboxylic acids is 1. The minimum atomic E-state index is -1.07. The van der Waals surface area contributed by atoms with Crippen LogP contribution in [0.1, 0.15) is 6.92 Å². The highest BCUT2D eigenvalue weighted by molar-refractivity contribution is 7.98. The maximum Gasteiger partial charge on any atom is 0.325 e. The Bertz CT molecular complexity index is 423. The van der Waals surface area contributed by atoms with Gasteiger partial charge in [0.25, 0.3) is 0 Å². The third-order valence-electron chi connectivity index (χ3n) is 2.07. The molecule has 0 spiro atoms. The quantitative estimate of drug-likeness (QED) is 0.718. The van der Waals surface area contributed by atoms with Crippen molar-refractivity contribution in [3.05, 3.63) is 24.3 Å². The van der Waals surface area contributed by atoms with Crippen LogP contribution in [0.5, 0.6) is 0 Å². The Kier molecular flexibility index (Phi) is 4.84. The molecule has 0 unspecified atom stereocenters. The van der Waals surface area contributed by atoms with Gasteiger partial charge in [-0.15, -0.1) is 11.8 Å². The molecule has 0 saturated carbocycles. The Balaban J connectivity index is 2.65. The fraction of sp³-hybridized carbons (Fsp3) is 0.273. The highest BCUT2D eigenvalue weighted by Crippen LogP contribution is 2.24. The van der Waals surface area contributed by atoms with Crippen LogP contribution in [0.2, 0.25) is 0 Å². The average Bonchev–Trinajstić information content (AvgIpc) is 2.29. The van der Waals surface area contributed by atoms with Crippen molar-refractivity contribution in [1.29, 1.82) is 0 Å². The lowest BCUT2D eigenvalue weighted by Crippen LogP contribution is -2.40. The minimum absolute atomic E-state index is 0.526. The van der Waals surface area contributed by atoms with E-state index in [2.05, 4.69) is 10.6 Å². The van der Waals surface area contributed by atoms with Crippen molar-refractivity contribution < 1.29 is 14.7 Å². The van der Waals surface area contributed by atoms with Gasteiger partial charge in [-0.3, -0.25) is 4.79 Å². The van der Waals surface area contributed by atoms with Crippen molar-refractivity contribution in [3.8, 4) is 0 Å². The number of carbonyl (C=O) groups is 2. The summed E-state index contributed by atoms with van der Waals surface area (Å²) in [6, 6.07) is 5.86. The molecule has 1 rings (SSSR count). The van der Waals surface area contributed by atoms with E-state index in [1.165, 1.54) is 18.7 Å². The second-order valence-electron chi connectivity index (χ2n) is 3.36. The molecule has 0 fully saturated rings. The molecule has 2 amide bonds. The van der Waals surface area contributed by atoms with Gasteiger partial charge in [0.15, 0.2) is 0 Å². The first-order valence-electron chi connectivity index (χ1n) is 4.98. The van der Waals surface area contributed by atoms with E-state index in [0.29, 0.717) is 5.69 Å². The third-order valence-corrected chi connectivity index (χ3v) is 2.87. The Morgan fingerprint density at radius 1 is 1.35 bits per heavy atom. The van der Waals surface area contributed by atoms with Gasteiger partial charge < -0.3 is 15.7 Å². The molecule has 1 atom stereocenters. The maximum atomic E-state index is 11.5. The van der Waals surface area contributed by atoms with Crippen LogP contribution < -0.4 is 10.6 Å². The molecule has 92 valence electrons. The molecule has 0 aromatic heterocycles. The fourth-order valence-corrected chi connectivity index (χ4v) is 1.72. The summed E-state index contributed by atoms with van der Waals surface area (Å²) in [5.74, 6) is -1.07. The summed E-state index contributed by atoms with van der Waals surface area (Å²) in [4.78, 5) is 23.0. The van der Waals surface area contributed by atoms with Crippen molar-refractivity contribution in [2.45, 2.75) is 17.9 Å². The second-order valence-corrected chi connectivity index (χ2v) is 4.21. The van der Waals surface area contributed by atoms with Crippen molar-refractivity contribution in [2.75, 3.05) is 11.6 Å². The lowest BCUT2D eigenvalue weighted by atomic mass is 10.3. The number of nitrogens with one attached hydrogen (secondary N) is 2. The number of urea groups is 1. The van der Waals surface area contributed by atoms with Gasteiger partial charge in [0, 0.05) is 4.90 Å². The largest absolute Gasteiger partial charge is 0.480 e. The zero-order valence-electron chi connectivity index (χ0n) is 9.56. The average molecular weight is 254 g/mol. The van der Waals surface area contributed by atoms with E-state index in [-0.39, 0.29) is 0 Å². The summed E-state index contributed by atoms with van der Waals surface area (Å²) < 4.78 is 0. The second kappa shape index (κ2) is 6.15. The molecular formula is C11H14N2O3S. The highest BCUT2D eigenvalue weighted by Gasteiger charge is 2.14. The topological polar surface area (TPSA) is 78.4 Å². The molecule has 6 heteroatoms. The first-order chi connectivity index (χ1) is 8.04. The predicted molar refractivity (Wildman–Crippen MR) is 67.5 cm³/mol. The molecule has 0 saturated heterocycles. The van der Waals surface area contributed by atoms with Crippen molar-refractivity contribution in [1.82, 2.24) is 5.32 Å². The van der Waals surface area contributed by atoms with E-state index >= 15 is 0 Å². The van der Waals surface area contributed by atoms with E-state index in [1.54, 1.807) is 12.1 Å². The normalized spacial score (nSPS) is 11.6. The summed E-state index contributed by atoms with van der Waals surface area (Å²) in [5, 5.41) is 13.6. The summed E-state index contributed by atoms with van der Waals surface area (Å²) in [6.45, 7) is 1.41. The predicted octanol–water partition coefficient (Wildman–Crippen LogP) is 2.00. The van der Waals surface area contributed by atoms with E-state index in [1.807, 2.05) is 18.4 Å². The number of hydrogen-bond acceptors (Lipinski definition) is 3. The molecule has 0 aliphatic rings. The molecule has 0 aliphatic heterocycles. The number of carboxylic acid groups (broad SMARTS) is 1. The van der Waals surface area contributed by atoms with Crippen LogP contribution in [0.15, 0.2) is 29.2 Å². The molecule has 0 radical (unpaired) electrons. The van der Waals surface area contributed by atoms with Crippen LogP contribution >= 0.6 is 11.8 Å². The number of anilines is 1. The number of carboxylic acids is 1. The van der Waals surface area contributed by atoms with E-state index in [0.717, 1.165) is 4.90 Å². The lowest BCUT2D eigenvalue weighted by molar-refractivity contribution is -0.138. The molecule has 1 aromatic carbocycles. The van der Waals surface area contributed by atoms with Gasteiger partial charge in [0.1, 0.15) is 6.04 Å². The Morgan fingerprint density at radius 2 is 2.00 bits per heavy atom. The summed E-state index contributed by atoms with van der Waals surface area (Å²) >= 11 is 1.50. The van der Waals surface area contributed by atoms with Crippen LogP contribution in [0.25, 0.3) is 0 Å².